The highest BCUT2D eigenvalue weighted by atomic mass is 32.2. The Morgan fingerprint density at radius 1 is 0.923 bits per heavy atom. The van der Waals surface area contributed by atoms with Crippen LogP contribution in [0.4, 0.5) is 0 Å². The number of hydrogen-bond acceptors (Lipinski definition) is 5. The highest BCUT2D eigenvalue weighted by Gasteiger charge is 2.22. The monoisotopic (exact) mass is 374 g/mol. The second-order valence-electron chi connectivity index (χ2n) is 6.24. The number of Topliss-reactive ketones (excluding diaryl/α,β-unsaturated/α-hetero) is 1. The van der Waals surface area contributed by atoms with Crippen molar-refractivity contribution in [2.45, 2.75) is 38.2 Å². The van der Waals surface area contributed by atoms with E-state index in [0.29, 0.717) is 5.56 Å². The van der Waals surface area contributed by atoms with Gasteiger partial charge >= 0.3 is 5.97 Å². The van der Waals surface area contributed by atoms with Crippen LogP contribution >= 0.6 is 0 Å². The number of sulfone groups is 1. The molecule has 5 nitrogen and oxygen atoms in total. The average Bonchev–Trinajstić information content (AvgIpc) is 2.60. The van der Waals surface area contributed by atoms with E-state index in [1.54, 1.807) is 36.4 Å². The molecule has 1 atom stereocenters. The van der Waals surface area contributed by atoms with Gasteiger partial charge in [-0.1, -0.05) is 47.5 Å². The lowest BCUT2D eigenvalue weighted by molar-refractivity contribution is -0.145. The number of esters is 1. The third kappa shape index (κ3) is 5.26. The van der Waals surface area contributed by atoms with E-state index < -0.39 is 21.9 Å². The molecule has 6 heteroatoms. The number of hydrogen-bond donors (Lipinski definition) is 0. The van der Waals surface area contributed by atoms with Gasteiger partial charge in [-0.3, -0.25) is 9.59 Å². The van der Waals surface area contributed by atoms with Crippen LogP contribution in [-0.2, 0) is 19.4 Å². The molecule has 0 N–H and O–H groups in total. The normalized spacial score (nSPS) is 12.4. The van der Waals surface area contributed by atoms with Crippen molar-refractivity contribution in [2.75, 3.05) is 5.75 Å². The van der Waals surface area contributed by atoms with Crippen LogP contribution < -0.4 is 0 Å². The minimum absolute atomic E-state index is 0.166. The molecule has 0 saturated carbocycles. The molecule has 0 saturated heterocycles. The molecule has 0 aromatic heterocycles. The van der Waals surface area contributed by atoms with Crippen LogP contribution in [-0.4, -0.2) is 32.0 Å². The third-order valence-corrected chi connectivity index (χ3v) is 5.70. The topological polar surface area (TPSA) is 77.5 Å². The van der Waals surface area contributed by atoms with Crippen molar-refractivity contribution in [3.05, 3.63) is 65.2 Å². The maximum atomic E-state index is 12.3. The Balaban J connectivity index is 1.92. The Morgan fingerprint density at radius 3 is 1.96 bits per heavy atom. The van der Waals surface area contributed by atoms with Gasteiger partial charge in [0.2, 0.25) is 5.78 Å². The van der Waals surface area contributed by atoms with Crippen LogP contribution in [0.3, 0.4) is 0 Å². The van der Waals surface area contributed by atoms with E-state index in [-0.39, 0.29) is 22.9 Å². The highest BCUT2D eigenvalue weighted by Crippen LogP contribution is 2.14. The van der Waals surface area contributed by atoms with Crippen molar-refractivity contribution >= 4 is 21.6 Å². The summed E-state index contributed by atoms with van der Waals surface area (Å²) in [7, 11) is -3.57. The lowest BCUT2D eigenvalue weighted by atomic mass is 10.1. The molecule has 2 rings (SSSR count). The Hall–Kier alpha value is -2.47. The van der Waals surface area contributed by atoms with Crippen LogP contribution in [0.15, 0.2) is 53.4 Å². The molecule has 0 aliphatic heterocycles. The number of benzene rings is 2. The standard InChI is InChI=1S/C20H22O5S/c1-14-4-8-17(9-5-14)20(22)16(3)25-19(21)12-13-26(23,24)18-10-6-15(2)7-11-18/h4-11,16H,12-13H2,1-3H3/t16-/m1/s1. The summed E-state index contributed by atoms with van der Waals surface area (Å²) >= 11 is 0. The van der Waals surface area contributed by atoms with Crippen LogP contribution in [0.5, 0.6) is 0 Å². The Labute approximate surface area is 153 Å². The first-order chi connectivity index (χ1) is 12.2. The lowest BCUT2D eigenvalue weighted by Gasteiger charge is -2.12. The van der Waals surface area contributed by atoms with E-state index in [9.17, 15) is 18.0 Å². The van der Waals surface area contributed by atoms with Gasteiger partial charge < -0.3 is 4.74 Å². The molecule has 2 aromatic carbocycles. The largest absolute Gasteiger partial charge is 0.454 e. The molecule has 0 aliphatic rings. The molecule has 138 valence electrons. The fraction of sp³-hybridized carbons (Fsp3) is 0.300. The fourth-order valence-corrected chi connectivity index (χ4v) is 3.57. The zero-order chi connectivity index (χ0) is 19.3. The molecular weight excluding hydrogens is 352 g/mol. The van der Waals surface area contributed by atoms with Gasteiger partial charge in [0.05, 0.1) is 17.1 Å². The maximum absolute atomic E-state index is 12.3. The second-order valence-corrected chi connectivity index (χ2v) is 8.35. The lowest BCUT2D eigenvalue weighted by Crippen LogP contribution is -2.25. The zero-order valence-electron chi connectivity index (χ0n) is 15.1. The van der Waals surface area contributed by atoms with Crippen molar-refractivity contribution in [3.63, 3.8) is 0 Å². The van der Waals surface area contributed by atoms with Crippen LogP contribution in [0.1, 0.15) is 34.8 Å². The number of rotatable bonds is 7. The first-order valence-corrected chi connectivity index (χ1v) is 9.94. The number of aryl methyl sites for hydroxylation is 2. The predicted octanol–water partition coefficient (Wildman–Crippen LogP) is 3.28. The maximum Gasteiger partial charge on any atom is 0.307 e. The van der Waals surface area contributed by atoms with Crippen LogP contribution in [0.2, 0.25) is 0 Å². The summed E-state index contributed by atoms with van der Waals surface area (Å²) in [5.74, 6) is -1.39. The second kappa shape index (κ2) is 8.27. The summed E-state index contributed by atoms with van der Waals surface area (Å²) in [6.45, 7) is 5.25. The zero-order valence-corrected chi connectivity index (χ0v) is 15.9. The van der Waals surface area contributed by atoms with Gasteiger partial charge in [0, 0.05) is 5.56 Å². The van der Waals surface area contributed by atoms with E-state index in [1.165, 1.54) is 19.1 Å². The Kier molecular flexibility index (Phi) is 6.32. The van der Waals surface area contributed by atoms with Gasteiger partial charge in [-0.2, -0.15) is 0 Å². The van der Waals surface area contributed by atoms with Gasteiger partial charge in [-0.05, 0) is 32.9 Å². The summed E-state index contributed by atoms with van der Waals surface area (Å²) in [5, 5.41) is 0. The van der Waals surface area contributed by atoms with Gasteiger partial charge in [0.15, 0.2) is 15.9 Å². The summed E-state index contributed by atoms with van der Waals surface area (Å²) in [4.78, 5) is 24.4. The molecule has 0 spiro atoms. The fourth-order valence-electron chi connectivity index (χ4n) is 2.34. The molecule has 0 unspecified atom stereocenters. The quantitative estimate of drug-likeness (QED) is 0.549. The first-order valence-electron chi connectivity index (χ1n) is 8.29. The summed E-state index contributed by atoms with van der Waals surface area (Å²) in [5.41, 5.74) is 2.42. The van der Waals surface area contributed by atoms with Gasteiger partial charge in [-0.15, -0.1) is 0 Å². The molecule has 2 aromatic rings. The van der Waals surface area contributed by atoms with Crippen molar-refractivity contribution in [2.24, 2.45) is 0 Å². The molecule has 0 radical (unpaired) electrons. The first kappa shape index (κ1) is 19.8. The number of carbonyl (C=O) groups is 2. The van der Waals surface area contributed by atoms with Crippen LogP contribution in [0, 0.1) is 13.8 Å². The summed E-state index contributed by atoms with van der Waals surface area (Å²) < 4.78 is 29.6. The Bertz CT molecular complexity index is 881. The van der Waals surface area contributed by atoms with Crippen LogP contribution in [0.25, 0.3) is 0 Å². The average molecular weight is 374 g/mol. The van der Waals surface area contributed by atoms with E-state index in [4.69, 9.17) is 4.74 Å². The highest BCUT2D eigenvalue weighted by molar-refractivity contribution is 7.91. The minimum atomic E-state index is -3.57. The van der Waals surface area contributed by atoms with E-state index >= 15 is 0 Å². The van der Waals surface area contributed by atoms with Crippen molar-refractivity contribution in [1.29, 1.82) is 0 Å². The van der Waals surface area contributed by atoms with Crippen molar-refractivity contribution in [1.82, 2.24) is 0 Å². The van der Waals surface area contributed by atoms with E-state index in [1.807, 2.05) is 13.8 Å². The smallest absolute Gasteiger partial charge is 0.307 e. The third-order valence-electron chi connectivity index (χ3n) is 3.97. The minimum Gasteiger partial charge on any atom is -0.454 e. The van der Waals surface area contributed by atoms with Crippen molar-refractivity contribution in [3.8, 4) is 0 Å². The molecule has 0 fully saturated rings. The number of ether oxygens (including phenoxy) is 1. The molecule has 26 heavy (non-hydrogen) atoms. The summed E-state index contributed by atoms with van der Waals surface area (Å²) in [6, 6.07) is 13.4. The molecule has 0 heterocycles. The molecule has 0 bridgehead atoms. The molecule has 0 amide bonds. The van der Waals surface area contributed by atoms with E-state index in [2.05, 4.69) is 0 Å². The summed E-state index contributed by atoms with van der Waals surface area (Å²) in [6.07, 6.45) is -1.27. The number of ketones is 1. The van der Waals surface area contributed by atoms with Gasteiger partial charge in [0.1, 0.15) is 0 Å². The number of carbonyl (C=O) groups excluding carboxylic acids is 2. The molecular formula is C20H22O5S. The Morgan fingerprint density at radius 2 is 1.42 bits per heavy atom. The van der Waals surface area contributed by atoms with E-state index in [0.717, 1.165) is 11.1 Å². The molecule has 0 aliphatic carbocycles. The SMILES string of the molecule is Cc1ccc(C(=O)[C@@H](C)OC(=O)CCS(=O)(=O)c2ccc(C)cc2)cc1. The van der Waals surface area contributed by atoms with Gasteiger partial charge in [-0.25, -0.2) is 8.42 Å². The predicted molar refractivity (Wildman–Crippen MR) is 98.9 cm³/mol. The van der Waals surface area contributed by atoms with Crippen molar-refractivity contribution < 1.29 is 22.7 Å². The van der Waals surface area contributed by atoms with Gasteiger partial charge in [0.25, 0.3) is 0 Å².